The molecule has 0 unspecified atom stereocenters. The number of ether oxygens (including phenoxy) is 10. The fraction of sp³-hybridized carbons (Fsp3) is 0.487. The molecule has 0 aliphatic carbocycles. The molecule has 110 heavy (non-hydrogen) atoms. The summed E-state index contributed by atoms with van der Waals surface area (Å²) in [5, 5.41) is 43.1. The van der Waals surface area contributed by atoms with E-state index in [9.17, 15) is 46.8 Å². The van der Waals surface area contributed by atoms with E-state index in [2.05, 4.69) is 56.3 Å². The van der Waals surface area contributed by atoms with Gasteiger partial charge in [0.05, 0.1) is 157 Å². The molecular weight excluding hydrogens is 1610 g/mol. The summed E-state index contributed by atoms with van der Waals surface area (Å²) >= 11 is 6.84. The molecule has 11 rings (SSSR count). The van der Waals surface area contributed by atoms with E-state index in [-0.39, 0.29) is 59.9 Å². The molecule has 0 aromatic heterocycles. The number of nitrogens with one attached hydrogen (secondary N) is 4. The van der Waals surface area contributed by atoms with E-state index in [0.29, 0.717) is 124 Å². The van der Waals surface area contributed by atoms with Crippen molar-refractivity contribution in [3.8, 4) is 58.1 Å². The second-order valence-electron chi connectivity index (χ2n) is 29.0. The number of benzene rings is 5. The van der Waals surface area contributed by atoms with Crippen LogP contribution in [-0.4, -0.2) is 140 Å². The lowest BCUT2D eigenvalue weighted by Crippen LogP contribution is -2.52. The SMILES string of the molecule is CC(C)(C)[S@](=O)N=C1CCOc2cc(Br)ccc21.CCOc1ccc2c(c1)OCC[C@@]21CC(O)=C(C#N)C(=O)N1.CCOc1ccc2c(c1)OCC[C@]2(CC(=O)OC)NC(=O)CC#N.COC(=O)C[C@]1(N[S@@](=O)C(C)(C)C)CCOc2cc(Br)ccc21.COC(=O)C[C@]1(N[S@@](=O)C(C)(C)C)CCOc2cc(O)ccc21. The number of aromatic hydroxyl groups is 1. The van der Waals surface area contributed by atoms with Gasteiger partial charge in [0.2, 0.25) is 5.91 Å². The Bertz CT molecular complexity index is 4320. The van der Waals surface area contributed by atoms with E-state index >= 15 is 0 Å². The number of aliphatic hydroxyl groups excluding tert-OH is 1. The minimum Gasteiger partial charge on any atom is -0.511 e. The molecule has 596 valence electrons. The first kappa shape index (κ1) is 88.6. The zero-order chi connectivity index (χ0) is 81.2. The third kappa shape index (κ3) is 22.8. The van der Waals surface area contributed by atoms with Crippen LogP contribution in [0.1, 0.15) is 168 Å². The molecule has 0 fully saturated rings. The van der Waals surface area contributed by atoms with Crippen LogP contribution in [0.4, 0.5) is 0 Å². The molecule has 27 nitrogen and oxygen atoms in total. The minimum atomic E-state index is -1.38. The maximum atomic E-state index is 12.7. The maximum absolute atomic E-state index is 12.7. The second-order valence-corrected chi connectivity index (χ2v) is 36.7. The standard InChI is InChI=1S/C17H20N2O5.C16H22BrNO4S.C16H16N2O4.C16H23NO5S.C13H16BrNO2S/c1-3-23-12-4-5-13-14(10-12)24-9-7-17(13,11-16(21)22-2)19-15(20)6-8-18;1-15(2,3)23(20)18-16(10-14(19)21-4)7-8-22-13-9-11(17)5-6-12(13)16;1-2-21-10-3-4-12-14(7-10)22-6-5-16(12)8-13(19)11(9-17)15(20)18-16;1-15(2,3)23(20)17-16(10-14(19)21-4)7-8-22-13-9-11(18)5-6-12(13)16;1-13(2,3)18(16)15-11-6-7-17-12-8-9(14)4-5-10(11)12/h4-5,10H,3,6-7,9,11H2,1-2H3,(H,19,20);5-6,9,18H,7-8,10H2,1-4H3;3-4,7,19H,2,5-6,8H2,1H3,(H,18,20);5-6,9,17-18H,7-8,10H2,1-4H3;4-5,8H,6-7H2,1-3H3/t17-;16-,23+;16-;16-,23+;18-/m11110/s1. The molecule has 0 saturated heterocycles. The first-order chi connectivity index (χ1) is 51.9. The van der Waals surface area contributed by atoms with Gasteiger partial charge in [-0.15, -0.1) is 0 Å². The maximum Gasteiger partial charge on any atom is 0.308 e. The molecule has 0 saturated carbocycles. The average molecular weight is 1710 g/mol. The van der Waals surface area contributed by atoms with Gasteiger partial charge in [0.1, 0.15) is 75.2 Å². The highest BCUT2D eigenvalue weighted by Crippen LogP contribution is 2.47. The number of carbonyl (C=O) groups is 5. The highest BCUT2D eigenvalue weighted by molar-refractivity contribution is 9.10. The molecule has 5 aromatic carbocycles. The summed E-state index contributed by atoms with van der Waals surface area (Å²) in [7, 11) is 0.0459. The molecule has 7 atom stereocenters. The number of amides is 2. The summed E-state index contributed by atoms with van der Waals surface area (Å²) < 4.78 is 102. The van der Waals surface area contributed by atoms with Crippen LogP contribution in [0.3, 0.4) is 0 Å². The van der Waals surface area contributed by atoms with Gasteiger partial charge in [-0.1, -0.05) is 37.9 Å². The van der Waals surface area contributed by atoms with Gasteiger partial charge in [0.25, 0.3) is 5.91 Å². The molecule has 6 aliphatic rings. The van der Waals surface area contributed by atoms with Gasteiger partial charge in [0.15, 0.2) is 5.57 Å². The fourth-order valence-electron chi connectivity index (χ4n) is 12.3. The van der Waals surface area contributed by atoms with Crippen molar-refractivity contribution in [2.75, 3.05) is 67.6 Å². The normalized spacial score (nSPS) is 21.0. The lowest BCUT2D eigenvalue weighted by Gasteiger charge is -2.41. The van der Waals surface area contributed by atoms with Crippen molar-refractivity contribution in [3.63, 3.8) is 0 Å². The van der Waals surface area contributed by atoms with E-state index in [1.165, 1.54) is 33.5 Å². The number of hydrogen-bond donors (Lipinski definition) is 6. The topological polar surface area (TPSA) is 377 Å². The number of rotatable bonds is 17. The Kier molecular flexibility index (Phi) is 31.0. The van der Waals surface area contributed by atoms with E-state index in [1.54, 1.807) is 36.4 Å². The van der Waals surface area contributed by atoms with E-state index in [1.807, 2.05) is 131 Å². The lowest BCUT2D eigenvalue weighted by molar-refractivity contribution is -0.144. The van der Waals surface area contributed by atoms with Gasteiger partial charge < -0.3 is 68.2 Å². The number of aliphatic hydroxyl groups is 1. The first-order valence-electron chi connectivity index (χ1n) is 35.4. The molecule has 5 aromatic rings. The van der Waals surface area contributed by atoms with Crippen molar-refractivity contribution in [1.29, 1.82) is 10.5 Å². The van der Waals surface area contributed by atoms with Crippen LogP contribution in [-0.2, 0) is 93.3 Å². The summed E-state index contributed by atoms with van der Waals surface area (Å²) in [6.45, 7) is 24.0. The van der Waals surface area contributed by atoms with Gasteiger partial charge in [-0.3, -0.25) is 24.0 Å². The lowest BCUT2D eigenvalue weighted by atomic mass is 9.78. The molecule has 0 radical (unpaired) electrons. The Hall–Kier alpha value is -8.63. The number of fused-ring (bicyclic) bond motifs is 6. The Balaban J connectivity index is 0.000000192. The van der Waals surface area contributed by atoms with Gasteiger partial charge in [-0.25, -0.2) is 22.1 Å². The summed E-state index contributed by atoms with van der Waals surface area (Å²) in [6.07, 6.45) is 2.66. The number of methoxy groups -OCH3 is 3. The predicted molar refractivity (Wildman–Crippen MR) is 422 cm³/mol. The van der Waals surface area contributed by atoms with Crippen LogP contribution in [0.25, 0.3) is 0 Å². The van der Waals surface area contributed by atoms with Crippen molar-refractivity contribution >= 4 is 100 Å². The summed E-state index contributed by atoms with van der Waals surface area (Å²) in [6, 6.07) is 30.5. The summed E-state index contributed by atoms with van der Waals surface area (Å²) in [4.78, 5) is 59.9. The second kappa shape index (κ2) is 38.5. The van der Waals surface area contributed by atoms with Crippen LogP contribution in [0.2, 0.25) is 0 Å². The number of halogens is 2. The summed E-state index contributed by atoms with van der Waals surface area (Å²) in [5.74, 6) is 2.22. The van der Waals surface area contributed by atoms with Gasteiger partial charge in [-0.2, -0.15) is 14.9 Å². The Morgan fingerprint density at radius 3 is 1.48 bits per heavy atom. The van der Waals surface area contributed by atoms with E-state index in [4.69, 9.17) is 57.9 Å². The Morgan fingerprint density at radius 1 is 0.573 bits per heavy atom. The number of phenols is 1. The molecule has 2 amide bonds. The van der Waals surface area contributed by atoms with Gasteiger partial charge in [0, 0.05) is 93.5 Å². The molecule has 6 N–H and O–H groups in total. The van der Waals surface area contributed by atoms with Gasteiger partial charge >= 0.3 is 17.9 Å². The minimum absolute atomic E-state index is 0.0342. The van der Waals surface area contributed by atoms with Crippen LogP contribution in [0, 0.1) is 22.7 Å². The van der Waals surface area contributed by atoms with Gasteiger partial charge in [-0.05, 0) is 143 Å². The third-order valence-corrected chi connectivity index (χ3v) is 23.8. The Labute approximate surface area is 666 Å². The van der Waals surface area contributed by atoms with Crippen LogP contribution in [0.15, 0.2) is 116 Å². The number of nitriles is 2. The monoisotopic (exact) mass is 1710 g/mol. The molecule has 32 heteroatoms. The van der Waals surface area contributed by atoms with Crippen molar-refractivity contribution in [2.24, 2.45) is 4.40 Å². The fourth-order valence-corrected chi connectivity index (χ4v) is 15.5. The Morgan fingerprint density at radius 2 is 1.00 bits per heavy atom. The molecule has 6 heterocycles. The van der Waals surface area contributed by atoms with E-state index < -0.39 is 88.4 Å². The largest absolute Gasteiger partial charge is 0.511 e. The van der Waals surface area contributed by atoms with Crippen LogP contribution >= 0.6 is 31.9 Å². The van der Waals surface area contributed by atoms with Crippen molar-refractivity contribution in [1.82, 2.24) is 20.1 Å². The molecule has 6 aliphatic heterocycles. The predicted octanol–water partition coefficient (Wildman–Crippen LogP) is 12.1. The number of esters is 3. The first-order valence-corrected chi connectivity index (χ1v) is 40.4. The average Bonchev–Trinajstić information content (AvgIpc) is 0.767. The molecular formula is C78H97Br2N7O20S3. The number of phenolic OH excluding ortho intramolecular Hbond substituents is 1. The summed E-state index contributed by atoms with van der Waals surface area (Å²) in [5.41, 5.74) is 1.28. The van der Waals surface area contributed by atoms with Crippen molar-refractivity contribution in [2.45, 2.75) is 177 Å². The number of carbonyl (C=O) groups excluding carboxylic acids is 5. The highest BCUT2D eigenvalue weighted by atomic mass is 79.9. The highest BCUT2D eigenvalue weighted by Gasteiger charge is 2.48. The smallest absolute Gasteiger partial charge is 0.308 e. The zero-order valence-electron chi connectivity index (χ0n) is 64.2. The van der Waals surface area contributed by atoms with Crippen LogP contribution < -0.4 is 53.2 Å². The van der Waals surface area contributed by atoms with Crippen molar-refractivity contribution < 1.29 is 94.2 Å². The molecule has 1 spiro atoms. The van der Waals surface area contributed by atoms with E-state index in [0.717, 1.165) is 37.1 Å². The quantitative estimate of drug-likeness (QED) is 0.0372. The van der Waals surface area contributed by atoms with Crippen LogP contribution in [0.5, 0.6) is 46.0 Å². The zero-order valence-corrected chi connectivity index (χ0v) is 69.9. The number of nitrogens with zero attached hydrogens (tertiary/aromatic N) is 3. The van der Waals surface area contributed by atoms with Crippen molar-refractivity contribution in [3.05, 3.63) is 139 Å². The molecule has 0 bridgehead atoms. The number of hydrogen-bond acceptors (Lipinski definition) is 22. The third-order valence-electron chi connectivity index (χ3n) is 18.0.